The third kappa shape index (κ3) is 10.1. The molecule has 0 aromatic heterocycles. The van der Waals surface area contributed by atoms with Crippen molar-refractivity contribution in [2.24, 2.45) is 11.3 Å². The smallest absolute Gasteiger partial charge is 0.410 e. The van der Waals surface area contributed by atoms with Crippen LogP contribution in [0.4, 0.5) is 4.79 Å². The Morgan fingerprint density at radius 1 is 1.00 bits per heavy atom. The van der Waals surface area contributed by atoms with E-state index < -0.39 is 21.5 Å². The third-order valence-electron chi connectivity index (χ3n) is 7.85. The number of hydrogen-bond acceptors (Lipinski definition) is 6. The van der Waals surface area contributed by atoms with E-state index in [0.717, 1.165) is 31.2 Å². The number of rotatable bonds is 16. The predicted molar refractivity (Wildman–Crippen MR) is 162 cm³/mol. The first kappa shape index (κ1) is 33.6. The van der Waals surface area contributed by atoms with Crippen LogP contribution >= 0.6 is 0 Å². The first-order chi connectivity index (χ1) is 20.0. The van der Waals surface area contributed by atoms with Crippen LogP contribution in [-0.4, -0.2) is 62.5 Å². The molecule has 0 spiro atoms. The highest BCUT2D eigenvalue weighted by Crippen LogP contribution is 2.31. The summed E-state index contributed by atoms with van der Waals surface area (Å²) in [7, 11) is -3.86. The molecule has 0 radical (unpaired) electrons. The van der Waals surface area contributed by atoms with Crippen LogP contribution in [0.25, 0.3) is 0 Å². The average molecular weight is 603 g/mol. The lowest BCUT2D eigenvalue weighted by Gasteiger charge is -2.34. The van der Waals surface area contributed by atoms with E-state index in [-0.39, 0.29) is 37.1 Å². The number of carboxylic acids is 1. The monoisotopic (exact) mass is 602 g/mol. The number of nitrogens with zero attached hydrogens (tertiary/aromatic N) is 1. The lowest BCUT2D eigenvalue weighted by molar-refractivity contribution is -0.148. The molecular weight excluding hydrogens is 556 g/mol. The van der Waals surface area contributed by atoms with Gasteiger partial charge in [-0.05, 0) is 54.6 Å². The normalized spacial score (nSPS) is 16.1. The number of aliphatic carboxylic acids is 1. The summed E-state index contributed by atoms with van der Waals surface area (Å²) in [5.74, 6) is -0.990. The molecule has 0 unspecified atom stereocenters. The minimum atomic E-state index is -3.86. The van der Waals surface area contributed by atoms with Crippen molar-refractivity contribution in [1.82, 2.24) is 9.62 Å². The summed E-state index contributed by atoms with van der Waals surface area (Å²) < 4.78 is 39.6. The molecule has 1 atom stereocenters. The van der Waals surface area contributed by atoms with Gasteiger partial charge in [0.05, 0.1) is 19.0 Å². The zero-order valence-corrected chi connectivity index (χ0v) is 25.9. The summed E-state index contributed by atoms with van der Waals surface area (Å²) in [4.78, 5) is 26.9. The number of carboxylic acid groups (broad SMARTS) is 1. The molecular formula is C32H46N2O7S. The lowest BCUT2D eigenvalue weighted by Crippen LogP contribution is -2.55. The SMILES string of the molecule is CCCCS(=O)(=O)N[C@@](COCC(C)(C)CCC1CCN(C(=O)OCc2ccccc2)CC1)(C(=O)O)c1ccccc1. The van der Waals surface area contributed by atoms with Crippen LogP contribution in [0.5, 0.6) is 0 Å². The third-order valence-corrected chi connectivity index (χ3v) is 9.33. The Labute approximate surface area is 250 Å². The van der Waals surface area contributed by atoms with Gasteiger partial charge in [-0.25, -0.2) is 18.0 Å². The molecule has 1 heterocycles. The second-order valence-corrected chi connectivity index (χ2v) is 13.9. The van der Waals surface area contributed by atoms with E-state index in [9.17, 15) is 23.1 Å². The molecule has 2 N–H and O–H groups in total. The standard InChI is InChI=1S/C32H46N2O7S/c1-4-5-22-42(38,39)33-32(29(35)36,28-14-10-7-11-15-28)25-40-24-31(2,3)19-16-26-17-20-34(21-18-26)30(37)41-23-27-12-8-6-9-13-27/h6-15,26,33H,4-5,16-25H2,1-3H3,(H,35,36)/t32-/m1/s1. The molecule has 1 amide bonds. The quantitative estimate of drug-likeness (QED) is 0.258. The van der Waals surface area contributed by atoms with Crippen LogP contribution in [0.2, 0.25) is 0 Å². The number of benzene rings is 2. The van der Waals surface area contributed by atoms with E-state index in [0.29, 0.717) is 37.4 Å². The predicted octanol–water partition coefficient (Wildman–Crippen LogP) is 5.56. The molecule has 232 valence electrons. The van der Waals surface area contributed by atoms with Gasteiger partial charge in [0.2, 0.25) is 10.0 Å². The fourth-order valence-corrected chi connectivity index (χ4v) is 6.70. The van der Waals surface area contributed by atoms with Gasteiger partial charge in [0.15, 0.2) is 5.54 Å². The molecule has 0 aliphatic carbocycles. The van der Waals surface area contributed by atoms with Gasteiger partial charge in [0.1, 0.15) is 6.61 Å². The van der Waals surface area contributed by atoms with Crippen LogP contribution in [0.1, 0.15) is 70.4 Å². The first-order valence-electron chi connectivity index (χ1n) is 14.8. The second-order valence-electron chi connectivity index (χ2n) is 12.0. The Morgan fingerprint density at radius 3 is 2.21 bits per heavy atom. The Morgan fingerprint density at radius 2 is 1.62 bits per heavy atom. The van der Waals surface area contributed by atoms with Crippen molar-refractivity contribution in [3.63, 3.8) is 0 Å². The summed E-state index contributed by atoms with van der Waals surface area (Å²) >= 11 is 0. The number of amides is 1. The molecule has 1 aliphatic rings. The van der Waals surface area contributed by atoms with E-state index in [1.165, 1.54) is 0 Å². The second kappa shape index (κ2) is 15.5. The van der Waals surface area contributed by atoms with E-state index in [1.54, 1.807) is 35.2 Å². The van der Waals surface area contributed by atoms with Crippen LogP contribution in [-0.2, 0) is 36.4 Å². The number of piperidine rings is 1. The molecule has 42 heavy (non-hydrogen) atoms. The largest absolute Gasteiger partial charge is 0.480 e. The highest BCUT2D eigenvalue weighted by Gasteiger charge is 2.44. The van der Waals surface area contributed by atoms with E-state index >= 15 is 0 Å². The van der Waals surface area contributed by atoms with E-state index in [1.807, 2.05) is 37.3 Å². The fraction of sp³-hybridized carbons (Fsp3) is 0.562. The van der Waals surface area contributed by atoms with Gasteiger partial charge < -0.3 is 19.5 Å². The van der Waals surface area contributed by atoms with E-state index in [2.05, 4.69) is 18.6 Å². The molecule has 3 rings (SSSR count). The van der Waals surface area contributed by atoms with Gasteiger partial charge in [-0.3, -0.25) is 0 Å². The highest BCUT2D eigenvalue weighted by atomic mass is 32.2. The minimum absolute atomic E-state index is 0.152. The summed E-state index contributed by atoms with van der Waals surface area (Å²) in [6.07, 6.45) is 4.42. The number of carbonyl (C=O) groups is 2. The van der Waals surface area contributed by atoms with Crippen molar-refractivity contribution >= 4 is 22.1 Å². The van der Waals surface area contributed by atoms with Gasteiger partial charge >= 0.3 is 12.1 Å². The Bertz CT molecular complexity index is 1230. The van der Waals surface area contributed by atoms with Crippen LogP contribution < -0.4 is 4.72 Å². The lowest BCUT2D eigenvalue weighted by atomic mass is 9.82. The number of sulfonamides is 1. The molecule has 1 fully saturated rings. The molecule has 0 bridgehead atoms. The number of likely N-dealkylation sites (tertiary alicyclic amines) is 1. The number of ether oxygens (including phenoxy) is 2. The number of unbranched alkanes of at least 4 members (excludes halogenated alkanes) is 1. The summed E-state index contributed by atoms with van der Waals surface area (Å²) in [6.45, 7) is 7.55. The van der Waals surface area contributed by atoms with Crippen molar-refractivity contribution in [2.45, 2.75) is 71.4 Å². The summed E-state index contributed by atoms with van der Waals surface area (Å²) in [5.41, 5.74) is -0.896. The number of nitrogens with one attached hydrogen (secondary N) is 1. The maximum absolute atomic E-state index is 12.8. The summed E-state index contributed by atoms with van der Waals surface area (Å²) in [5, 5.41) is 10.3. The topological polar surface area (TPSA) is 122 Å². The molecule has 1 aliphatic heterocycles. The fourth-order valence-electron chi connectivity index (χ4n) is 5.14. The number of carbonyl (C=O) groups excluding carboxylic acids is 1. The maximum Gasteiger partial charge on any atom is 0.410 e. The van der Waals surface area contributed by atoms with Gasteiger partial charge in [-0.1, -0.05) is 87.9 Å². The van der Waals surface area contributed by atoms with Crippen molar-refractivity contribution in [3.05, 3.63) is 71.8 Å². The highest BCUT2D eigenvalue weighted by molar-refractivity contribution is 7.89. The minimum Gasteiger partial charge on any atom is -0.480 e. The van der Waals surface area contributed by atoms with Crippen molar-refractivity contribution < 1.29 is 32.6 Å². The van der Waals surface area contributed by atoms with Gasteiger partial charge in [0, 0.05) is 13.1 Å². The Kier molecular flexibility index (Phi) is 12.4. The zero-order valence-electron chi connectivity index (χ0n) is 25.1. The number of hydrogen-bond donors (Lipinski definition) is 2. The van der Waals surface area contributed by atoms with Crippen molar-refractivity contribution in [3.8, 4) is 0 Å². The maximum atomic E-state index is 12.8. The summed E-state index contributed by atoms with van der Waals surface area (Å²) in [6, 6.07) is 18.0. The zero-order chi connectivity index (χ0) is 30.6. The van der Waals surface area contributed by atoms with Gasteiger partial charge in [0.25, 0.3) is 0 Å². The van der Waals surface area contributed by atoms with E-state index in [4.69, 9.17) is 9.47 Å². The Hall–Kier alpha value is -2.95. The van der Waals surface area contributed by atoms with Crippen molar-refractivity contribution in [2.75, 3.05) is 32.1 Å². The van der Waals surface area contributed by atoms with Gasteiger partial charge in [-0.2, -0.15) is 4.72 Å². The first-order valence-corrected chi connectivity index (χ1v) is 16.5. The van der Waals surface area contributed by atoms with Gasteiger partial charge in [-0.15, -0.1) is 0 Å². The molecule has 9 nitrogen and oxygen atoms in total. The molecule has 1 saturated heterocycles. The molecule has 0 saturated carbocycles. The Balaban J connectivity index is 1.51. The van der Waals surface area contributed by atoms with Crippen LogP contribution in [0, 0.1) is 11.3 Å². The molecule has 2 aromatic carbocycles. The van der Waals surface area contributed by atoms with Crippen LogP contribution in [0.3, 0.4) is 0 Å². The van der Waals surface area contributed by atoms with Crippen LogP contribution in [0.15, 0.2) is 60.7 Å². The average Bonchev–Trinajstić information content (AvgIpc) is 2.98. The molecule has 10 heteroatoms. The van der Waals surface area contributed by atoms with Crippen molar-refractivity contribution in [1.29, 1.82) is 0 Å². The molecule has 2 aromatic rings.